The molecule has 3 heteroatoms. The van der Waals surface area contributed by atoms with Crippen LogP contribution in [0.25, 0.3) is 0 Å². The first-order valence-corrected chi connectivity index (χ1v) is 7.72. The number of aliphatic hydroxyl groups excluding tert-OH is 2. The molecule has 0 spiro atoms. The van der Waals surface area contributed by atoms with E-state index in [2.05, 4.69) is 4.98 Å². The molecule has 2 unspecified atom stereocenters. The van der Waals surface area contributed by atoms with Gasteiger partial charge >= 0.3 is 0 Å². The summed E-state index contributed by atoms with van der Waals surface area (Å²) in [5.41, 5.74) is 5.32. The van der Waals surface area contributed by atoms with Crippen LogP contribution in [-0.2, 0) is 0 Å². The Balaban J connectivity index is 1.82. The second kappa shape index (κ2) is 6.41. The van der Waals surface area contributed by atoms with Gasteiger partial charge in [0, 0.05) is 11.4 Å². The number of hydrogen-bond donors (Lipinski definition) is 3. The fourth-order valence-electron chi connectivity index (χ4n) is 2.61. The van der Waals surface area contributed by atoms with Crippen molar-refractivity contribution >= 4 is 0 Å². The smallest absolute Gasteiger partial charge is 0.119 e. The van der Waals surface area contributed by atoms with Gasteiger partial charge in [0.05, 0.1) is 0 Å². The molecular weight excluding hydrogens is 286 g/mol. The van der Waals surface area contributed by atoms with Crippen LogP contribution >= 0.6 is 0 Å². The van der Waals surface area contributed by atoms with Crippen molar-refractivity contribution in [1.82, 2.24) is 4.98 Å². The molecule has 0 amide bonds. The van der Waals surface area contributed by atoms with Crippen molar-refractivity contribution in [3.63, 3.8) is 0 Å². The van der Waals surface area contributed by atoms with E-state index < -0.39 is 12.2 Å². The molecule has 1 aromatic heterocycles. The van der Waals surface area contributed by atoms with Gasteiger partial charge in [-0.3, -0.25) is 0 Å². The van der Waals surface area contributed by atoms with E-state index in [-0.39, 0.29) is 0 Å². The van der Waals surface area contributed by atoms with Gasteiger partial charge in [-0.1, -0.05) is 59.7 Å². The molecule has 0 bridgehead atoms. The summed E-state index contributed by atoms with van der Waals surface area (Å²) in [4.78, 5) is 3.14. The number of aromatic amines is 1. The topological polar surface area (TPSA) is 56.2 Å². The van der Waals surface area contributed by atoms with Gasteiger partial charge in [0.2, 0.25) is 0 Å². The molecule has 3 N–H and O–H groups in total. The molecule has 3 aromatic rings. The predicted octanol–water partition coefficient (Wildman–Crippen LogP) is 3.79. The molecule has 0 fully saturated rings. The van der Waals surface area contributed by atoms with E-state index in [4.69, 9.17) is 0 Å². The molecule has 3 rings (SSSR count). The lowest BCUT2D eigenvalue weighted by atomic mass is 10.1. The van der Waals surface area contributed by atoms with Crippen LogP contribution in [0.2, 0.25) is 0 Å². The summed E-state index contributed by atoms with van der Waals surface area (Å²) in [5, 5.41) is 20.9. The van der Waals surface area contributed by atoms with E-state index in [1.807, 2.05) is 74.5 Å². The van der Waals surface area contributed by atoms with Crippen LogP contribution in [0.3, 0.4) is 0 Å². The summed E-state index contributed by atoms with van der Waals surface area (Å²) in [5.74, 6) is 0. The molecule has 0 aliphatic heterocycles. The van der Waals surface area contributed by atoms with Gasteiger partial charge in [-0.15, -0.1) is 0 Å². The van der Waals surface area contributed by atoms with Gasteiger partial charge in [0.1, 0.15) is 12.2 Å². The molecule has 2 atom stereocenters. The van der Waals surface area contributed by atoms with Gasteiger partial charge in [-0.05, 0) is 37.1 Å². The monoisotopic (exact) mass is 307 g/mol. The molecule has 3 nitrogen and oxygen atoms in total. The molecule has 23 heavy (non-hydrogen) atoms. The van der Waals surface area contributed by atoms with Crippen LogP contribution < -0.4 is 0 Å². The fraction of sp³-hybridized carbons (Fsp3) is 0.200. The zero-order chi connectivity index (χ0) is 16.4. The predicted molar refractivity (Wildman–Crippen MR) is 91.3 cm³/mol. The number of aromatic nitrogens is 1. The van der Waals surface area contributed by atoms with Gasteiger partial charge in [0.15, 0.2) is 0 Å². The van der Waals surface area contributed by atoms with Crippen LogP contribution in [0.1, 0.15) is 45.8 Å². The van der Waals surface area contributed by atoms with E-state index in [0.717, 1.165) is 22.3 Å². The Bertz CT molecular complexity index is 706. The summed E-state index contributed by atoms with van der Waals surface area (Å²) in [6.07, 6.45) is -1.45. The first kappa shape index (κ1) is 15.5. The van der Waals surface area contributed by atoms with Crippen LogP contribution in [0, 0.1) is 13.8 Å². The quantitative estimate of drug-likeness (QED) is 0.687. The van der Waals surface area contributed by atoms with E-state index in [1.165, 1.54) is 0 Å². The molecule has 118 valence electrons. The highest BCUT2D eigenvalue weighted by molar-refractivity contribution is 5.33. The molecule has 0 saturated heterocycles. The molecule has 2 aromatic carbocycles. The summed E-state index contributed by atoms with van der Waals surface area (Å²) < 4.78 is 0. The first-order valence-electron chi connectivity index (χ1n) is 7.72. The maximum Gasteiger partial charge on any atom is 0.119 e. The normalized spacial score (nSPS) is 13.7. The van der Waals surface area contributed by atoms with Gasteiger partial charge in [0.25, 0.3) is 0 Å². The largest absolute Gasteiger partial charge is 0.382 e. The van der Waals surface area contributed by atoms with Crippen molar-refractivity contribution < 1.29 is 10.2 Å². The zero-order valence-corrected chi connectivity index (χ0v) is 13.3. The van der Waals surface area contributed by atoms with Gasteiger partial charge in [-0.2, -0.15) is 0 Å². The highest BCUT2D eigenvalue weighted by Crippen LogP contribution is 2.26. The summed E-state index contributed by atoms with van der Waals surface area (Å²) in [7, 11) is 0. The first-order chi connectivity index (χ1) is 11.0. The van der Waals surface area contributed by atoms with Crippen molar-refractivity contribution in [2.75, 3.05) is 0 Å². The Hall–Kier alpha value is -2.36. The zero-order valence-electron chi connectivity index (χ0n) is 13.3. The lowest BCUT2D eigenvalue weighted by Crippen LogP contribution is -2.03. The average molecular weight is 307 g/mol. The third-order valence-corrected chi connectivity index (χ3v) is 4.11. The Morgan fingerprint density at radius 1 is 0.609 bits per heavy atom. The number of benzene rings is 2. The van der Waals surface area contributed by atoms with Crippen molar-refractivity contribution in [3.8, 4) is 0 Å². The summed E-state index contributed by atoms with van der Waals surface area (Å²) in [6, 6.07) is 19.2. The molecule has 0 radical (unpaired) electrons. The molecule has 1 heterocycles. The number of hydrogen-bond acceptors (Lipinski definition) is 2. The minimum atomic E-state index is -0.727. The number of nitrogens with one attached hydrogen (secondary N) is 1. The lowest BCUT2D eigenvalue weighted by Gasteiger charge is -2.12. The molecular formula is C20H21NO2. The highest BCUT2D eigenvalue weighted by atomic mass is 16.3. The van der Waals surface area contributed by atoms with Crippen molar-refractivity contribution in [2.24, 2.45) is 0 Å². The second-order valence-electron chi connectivity index (χ2n) is 6.00. The van der Waals surface area contributed by atoms with Crippen molar-refractivity contribution in [3.05, 3.63) is 94.3 Å². The van der Waals surface area contributed by atoms with Crippen molar-refractivity contribution in [2.45, 2.75) is 26.1 Å². The van der Waals surface area contributed by atoms with E-state index in [9.17, 15) is 10.2 Å². The SMILES string of the molecule is Cc1ccc(C(O)c2ccc(C(O)c3ccc(C)cc3)[nH]2)cc1. The lowest BCUT2D eigenvalue weighted by molar-refractivity contribution is 0.207. The average Bonchev–Trinajstić information content (AvgIpc) is 3.05. The number of rotatable bonds is 4. The van der Waals surface area contributed by atoms with Crippen LogP contribution in [0.4, 0.5) is 0 Å². The Morgan fingerprint density at radius 2 is 0.957 bits per heavy atom. The Morgan fingerprint density at radius 3 is 1.30 bits per heavy atom. The minimum absolute atomic E-state index is 0.676. The second-order valence-corrected chi connectivity index (χ2v) is 6.00. The molecule has 0 aliphatic carbocycles. The van der Waals surface area contributed by atoms with E-state index >= 15 is 0 Å². The van der Waals surface area contributed by atoms with Crippen LogP contribution in [0.5, 0.6) is 0 Å². The maximum absolute atomic E-state index is 10.5. The van der Waals surface area contributed by atoms with Gasteiger partial charge in [-0.25, -0.2) is 0 Å². The maximum atomic E-state index is 10.5. The number of aliphatic hydroxyl groups is 2. The Labute approximate surface area is 136 Å². The van der Waals surface area contributed by atoms with Gasteiger partial charge < -0.3 is 15.2 Å². The van der Waals surface area contributed by atoms with Crippen LogP contribution in [0.15, 0.2) is 60.7 Å². The van der Waals surface area contributed by atoms with E-state index in [0.29, 0.717) is 11.4 Å². The number of aryl methyl sites for hydroxylation is 2. The standard InChI is InChI=1S/C20H21NO2/c1-13-3-7-15(8-4-13)19(22)17-11-12-18(21-17)20(23)16-9-5-14(2)6-10-16/h3-12,19-23H,1-2H3. The summed E-state index contributed by atoms with van der Waals surface area (Å²) >= 11 is 0. The third-order valence-electron chi connectivity index (χ3n) is 4.11. The fourth-order valence-corrected chi connectivity index (χ4v) is 2.61. The third kappa shape index (κ3) is 3.36. The minimum Gasteiger partial charge on any atom is -0.382 e. The molecule has 0 aliphatic rings. The Kier molecular flexibility index (Phi) is 4.33. The van der Waals surface area contributed by atoms with Crippen molar-refractivity contribution in [1.29, 1.82) is 0 Å². The molecule has 0 saturated carbocycles. The highest BCUT2D eigenvalue weighted by Gasteiger charge is 2.16. The number of H-pyrrole nitrogens is 1. The van der Waals surface area contributed by atoms with Crippen LogP contribution in [-0.4, -0.2) is 15.2 Å². The summed E-state index contributed by atoms with van der Waals surface area (Å²) in [6.45, 7) is 4.03. The van der Waals surface area contributed by atoms with E-state index in [1.54, 1.807) is 0 Å².